The maximum absolute atomic E-state index is 5.69. The number of nitrogens with zero attached hydrogens (tertiary/aromatic N) is 1. The molecule has 0 fully saturated rings. The number of hydrogen-bond acceptors (Lipinski definition) is 2. The fourth-order valence-electron chi connectivity index (χ4n) is 0.748. The standard InChI is InChI=1S/C9H11ClN2/c1-7(2)6-11-9-5-3-4-8(10)12-9/h3-5H,1,6H2,2H3,(H,11,12). The monoisotopic (exact) mass is 182 g/mol. The van der Waals surface area contributed by atoms with Gasteiger partial charge < -0.3 is 5.32 Å². The quantitative estimate of drug-likeness (QED) is 0.575. The van der Waals surface area contributed by atoms with Crippen molar-refractivity contribution in [2.75, 3.05) is 11.9 Å². The van der Waals surface area contributed by atoms with Gasteiger partial charge in [-0.1, -0.05) is 29.8 Å². The molecule has 0 spiro atoms. The van der Waals surface area contributed by atoms with Crippen molar-refractivity contribution in [2.45, 2.75) is 6.92 Å². The first kappa shape index (κ1) is 9.07. The molecule has 0 aliphatic carbocycles. The Hall–Kier alpha value is -1.02. The molecule has 64 valence electrons. The second kappa shape index (κ2) is 4.12. The summed E-state index contributed by atoms with van der Waals surface area (Å²) in [5, 5.41) is 3.59. The van der Waals surface area contributed by atoms with Gasteiger partial charge in [-0.2, -0.15) is 0 Å². The lowest BCUT2D eigenvalue weighted by Gasteiger charge is -2.03. The average molecular weight is 183 g/mol. The van der Waals surface area contributed by atoms with Crippen LogP contribution in [0.2, 0.25) is 5.15 Å². The third-order valence-electron chi connectivity index (χ3n) is 1.29. The van der Waals surface area contributed by atoms with Gasteiger partial charge in [0.2, 0.25) is 0 Å². The predicted molar refractivity (Wildman–Crippen MR) is 52.6 cm³/mol. The van der Waals surface area contributed by atoms with E-state index in [9.17, 15) is 0 Å². The Morgan fingerprint density at radius 3 is 3.00 bits per heavy atom. The van der Waals surface area contributed by atoms with Crippen molar-refractivity contribution >= 4 is 17.4 Å². The normalized spacial score (nSPS) is 9.50. The second-order valence-corrected chi connectivity index (χ2v) is 3.04. The summed E-state index contributed by atoms with van der Waals surface area (Å²) >= 11 is 5.69. The average Bonchev–Trinajstić information content (AvgIpc) is 2.01. The first-order valence-electron chi connectivity index (χ1n) is 3.69. The molecular formula is C9H11ClN2. The first-order chi connectivity index (χ1) is 5.68. The topological polar surface area (TPSA) is 24.9 Å². The van der Waals surface area contributed by atoms with Gasteiger partial charge in [0.25, 0.3) is 0 Å². The number of rotatable bonds is 3. The molecule has 1 N–H and O–H groups in total. The van der Waals surface area contributed by atoms with Crippen LogP contribution in [-0.4, -0.2) is 11.5 Å². The minimum atomic E-state index is 0.502. The summed E-state index contributed by atoms with van der Waals surface area (Å²) in [6.07, 6.45) is 0. The molecule has 0 aromatic carbocycles. The molecule has 0 aliphatic rings. The van der Waals surface area contributed by atoms with E-state index in [1.807, 2.05) is 19.1 Å². The number of aromatic nitrogens is 1. The van der Waals surface area contributed by atoms with Crippen molar-refractivity contribution in [3.63, 3.8) is 0 Å². The number of anilines is 1. The van der Waals surface area contributed by atoms with E-state index in [1.54, 1.807) is 6.07 Å². The maximum atomic E-state index is 5.69. The molecule has 1 aromatic heterocycles. The van der Waals surface area contributed by atoms with Crippen LogP contribution in [0.3, 0.4) is 0 Å². The van der Waals surface area contributed by atoms with Crippen molar-refractivity contribution in [3.05, 3.63) is 35.5 Å². The Kier molecular flexibility index (Phi) is 3.11. The summed E-state index contributed by atoms with van der Waals surface area (Å²) in [7, 11) is 0. The van der Waals surface area contributed by atoms with Gasteiger partial charge in [-0.25, -0.2) is 4.98 Å². The van der Waals surface area contributed by atoms with Crippen LogP contribution in [-0.2, 0) is 0 Å². The van der Waals surface area contributed by atoms with E-state index in [0.29, 0.717) is 5.15 Å². The molecule has 0 bridgehead atoms. The summed E-state index contributed by atoms with van der Waals surface area (Å²) in [5.74, 6) is 0.783. The lowest BCUT2D eigenvalue weighted by Crippen LogP contribution is -2.03. The van der Waals surface area contributed by atoms with Crippen LogP contribution in [0, 0.1) is 0 Å². The maximum Gasteiger partial charge on any atom is 0.131 e. The lowest BCUT2D eigenvalue weighted by atomic mass is 10.3. The summed E-state index contributed by atoms with van der Waals surface area (Å²) in [5.41, 5.74) is 1.07. The van der Waals surface area contributed by atoms with Crippen molar-refractivity contribution in [1.29, 1.82) is 0 Å². The molecule has 0 radical (unpaired) electrons. The molecule has 0 amide bonds. The number of nitrogens with one attached hydrogen (secondary N) is 1. The Balaban J connectivity index is 2.57. The van der Waals surface area contributed by atoms with Crippen molar-refractivity contribution in [1.82, 2.24) is 4.98 Å². The van der Waals surface area contributed by atoms with E-state index in [0.717, 1.165) is 17.9 Å². The summed E-state index contributed by atoms with van der Waals surface area (Å²) in [6.45, 7) is 6.45. The Labute approximate surface area is 77.3 Å². The zero-order valence-electron chi connectivity index (χ0n) is 6.97. The van der Waals surface area contributed by atoms with Crippen LogP contribution in [0.4, 0.5) is 5.82 Å². The van der Waals surface area contributed by atoms with E-state index >= 15 is 0 Å². The molecule has 0 aliphatic heterocycles. The zero-order chi connectivity index (χ0) is 8.97. The van der Waals surface area contributed by atoms with E-state index in [2.05, 4.69) is 16.9 Å². The van der Waals surface area contributed by atoms with E-state index in [-0.39, 0.29) is 0 Å². The molecule has 0 saturated carbocycles. The number of halogens is 1. The van der Waals surface area contributed by atoms with Gasteiger partial charge in [-0.05, 0) is 19.1 Å². The van der Waals surface area contributed by atoms with Gasteiger partial charge >= 0.3 is 0 Å². The number of hydrogen-bond donors (Lipinski definition) is 1. The Bertz CT molecular complexity index is 284. The SMILES string of the molecule is C=C(C)CNc1cccc(Cl)n1. The van der Waals surface area contributed by atoms with E-state index in [4.69, 9.17) is 11.6 Å². The largest absolute Gasteiger partial charge is 0.366 e. The molecule has 0 atom stereocenters. The van der Waals surface area contributed by atoms with E-state index in [1.165, 1.54) is 0 Å². The minimum absolute atomic E-state index is 0.502. The zero-order valence-corrected chi connectivity index (χ0v) is 7.73. The van der Waals surface area contributed by atoms with Gasteiger partial charge in [-0.3, -0.25) is 0 Å². The molecule has 0 unspecified atom stereocenters. The third kappa shape index (κ3) is 2.93. The van der Waals surface area contributed by atoms with Gasteiger partial charge in [0.05, 0.1) is 0 Å². The highest BCUT2D eigenvalue weighted by Crippen LogP contribution is 2.08. The first-order valence-corrected chi connectivity index (χ1v) is 4.07. The summed E-state index contributed by atoms with van der Waals surface area (Å²) < 4.78 is 0. The highest BCUT2D eigenvalue weighted by atomic mass is 35.5. The van der Waals surface area contributed by atoms with Crippen LogP contribution in [0.5, 0.6) is 0 Å². The fourth-order valence-corrected chi connectivity index (χ4v) is 0.912. The molecule has 1 rings (SSSR count). The van der Waals surface area contributed by atoms with Crippen LogP contribution < -0.4 is 5.32 Å². The fraction of sp³-hybridized carbons (Fsp3) is 0.222. The Morgan fingerprint density at radius 2 is 2.42 bits per heavy atom. The highest BCUT2D eigenvalue weighted by Gasteiger charge is 1.93. The van der Waals surface area contributed by atoms with Gasteiger partial charge in [0, 0.05) is 6.54 Å². The smallest absolute Gasteiger partial charge is 0.131 e. The van der Waals surface area contributed by atoms with Crippen molar-refractivity contribution in [2.24, 2.45) is 0 Å². The summed E-state index contributed by atoms with van der Waals surface area (Å²) in [4.78, 5) is 4.06. The predicted octanol–water partition coefficient (Wildman–Crippen LogP) is 2.72. The molecule has 3 heteroatoms. The Morgan fingerprint density at radius 1 is 1.67 bits per heavy atom. The van der Waals surface area contributed by atoms with E-state index < -0.39 is 0 Å². The molecule has 2 nitrogen and oxygen atoms in total. The highest BCUT2D eigenvalue weighted by molar-refractivity contribution is 6.29. The molecule has 12 heavy (non-hydrogen) atoms. The van der Waals surface area contributed by atoms with Gasteiger partial charge in [0.1, 0.15) is 11.0 Å². The van der Waals surface area contributed by atoms with Crippen molar-refractivity contribution < 1.29 is 0 Å². The minimum Gasteiger partial charge on any atom is -0.366 e. The molecule has 1 heterocycles. The lowest BCUT2D eigenvalue weighted by molar-refractivity contribution is 1.17. The second-order valence-electron chi connectivity index (χ2n) is 2.66. The van der Waals surface area contributed by atoms with Gasteiger partial charge in [-0.15, -0.1) is 0 Å². The van der Waals surface area contributed by atoms with Crippen LogP contribution in [0.25, 0.3) is 0 Å². The van der Waals surface area contributed by atoms with Crippen molar-refractivity contribution in [3.8, 4) is 0 Å². The van der Waals surface area contributed by atoms with Crippen LogP contribution in [0.1, 0.15) is 6.92 Å². The van der Waals surface area contributed by atoms with Gasteiger partial charge in [0.15, 0.2) is 0 Å². The number of pyridine rings is 1. The molecular weight excluding hydrogens is 172 g/mol. The van der Waals surface area contributed by atoms with Crippen LogP contribution in [0.15, 0.2) is 30.4 Å². The van der Waals surface area contributed by atoms with Crippen LogP contribution >= 0.6 is 11.6 Å². The third-order valence-corrected chi connectivity index (χ3v) is 1.50. The molecule has 0 saturated heterocycles. The summed E-state index contributed by atoms with van der Waals surface area (Å²) in [6, 6.07) is 5.47. The molecule has 1 aromatic rings.